The fourth-order valence-corrected chi connectivity index (χ4v) is 3.07. The molecule has 1 aliphatic rings. The number of hydrogen-bond donors (Lipinski definition) is 3. The van der Waals surface area contributed by atoms with Crippen LogP contribution in [0.25, 0.3) is 0 Å². The molecule has 0 radical (unpaired) electrons. The summed E-state index contributed by atoms with van der Waals surface area (Å²) < 4.78 is 22.0. The summed E-state index contributed by atoms with van der Waals surface area (Å²) in [4.78, 5) is 0. The summed E-state index contributed by atoms with van der Waals surface area (Å²) in [5, 5.41) is 12.2. The Hall–Kier alpha value is -0.170. The molecule has 6 heteroatoms. The first-order chi connectivity index (χ1) is 5.55. The Morgan fingerprint density at radius 3 is 2.58 bits per heavy atom. The number of aliphatic hydroxyl groups excluding tert-OH is 1. The summed E-state index contributed by atoms with van der Waals surface area (Å²) in [5.74, 6) is -0.108. The van der Waals surface area contributed by atoms with Crippen molar-refractivity contribution in [1.82, 2.24) is 5.32 Å². The van der Waals surface area contributed by atoms with Gasteiger partial charge in [-0.15, -0.1) is 0 Å². The van der Waals surface area contributed by atoms with Crippen molar-refractivity contribution in [3.63, 3.8) is 0 Å². The maximum Gasteiger partial charge on any atom is 0.154 e. The lowest BCUT2D eigenvalue weighted by Gasteiger charge is -2.13. The van der Waals surface area contributed by atoms with Gasteiger partial charge in [-0.05, 0) is 0 Å². The second-order valence-electron chi connectivity index (χ2n) is 2.99. The van der Waals surface area contributed by atoms with Gasteiger partial charge >= 0.3 is 0 Å². The van der Waals surface area contributed by atoms with Crippen LogP contribution >= 0.6 is 0 Å². The van der Waals surface area contributed by atoms with Crippen molar-refractivity contribution in [2.75, 3.05) is 24.6 Å². The number of aliphatic hydroxyl groups is 1. The normalized spacial score (nSPS) is 33.8. The molecule has 0 aromatic heterocycles. The first kappa shape index (κ1) is 9.91. The van der Waals surface area contributed by atoms with Gasteiger partial charge < -0.3 is 16.2 Å². The lowest BCUT2D eigenvalue weighted by atomic mass is 10.2. The second kappa shape index (κ2) is 3.69. The van der Waals surface area contributed by atoms with Crippen molar-refractivity contribution < 1.29 is 13.5 Å². The molecule has 12 heavy (non-hydrogen) atoms. The van der Waals surface area contributed by atoms with Crippen molar-refractivity contribution in [2.24, 2.45) is 5.73 Å². The highest BCUT2D eigenvalue weighted by molar-refractivity contribution is 7.91. The van der Waals surface area contributed by atoms with E-state index in [-0.39, 0.29) is 17.5 Å². The topological polar surface area (TPSA) is 92.4 Å². The van der Waals surface area contributed by atoms with Gasteiger partial charge in [0.05, 0.1) is 17.6 Å². The lowest BCUT2D eigenvalue weighted by Crippen LogP contribution is -2.41. The molecule has 4 N–H and O–H groups in total. The zero-order valence-corrected chi connectivity index (χ0v) is 7.55. The minimum Gasteiger partial charge on any atom is -0.390 e. The molecule has 0 aromatic rings. The molecule has 2 atom stereocenters. The smallest absolute Gasteiger partial charge is 0.154 e. The summed E-state index contributed by atoms with van der Waals surface area (Å²) in [6, 6.07) is -0.335. The van der Waals surface area contributed by atoms with Crippen LogP contribution in [0.5, 0.6) is 0 Å². The van der Waals surface area contributed by atoms with Gasteiger partial charge in [0.25, 0.3) is 0 Å². The van der Waals surface area contributed by atoms with Gasteiger partial charge in [0.1, 0.15) is 0 Å². The summed E-state index contributed by atoms with van der Waals surface area (Å²) in [6.45, 7) is 0.987. The molecule has 1 fully saturated rings. The summed E-state index contributed by atoms with van der Waals surface area (Å²) in [7, 11) is -3.03. The molecule has 72 valence electrons. The van der Waals surface area contributed by atoms with Gasteiger partial charge in [-0.25, -0.2) is 8.42 Å². The van der Waals surface area contributed by atoms with Gasteiger partial charge in [-0.1, -0.05) is 0 Å². The van der Waals surface area contributed by atoms with Crippen molar-refractivity contribution in [3.8, 4) is 0 Å². The summed E-state index contributed by atoms with van der Waals surface area (Å²) >= 11 is 0. The molecule has 0 saturated carbocycles. The maximum atomic E-state index is 11.0. The van der Waals surface area contributed by atoms with E-state index in [0.29, 0.717) is 13.1 Å². The Morgan fingerprint density at radius 1 is 1.50 bits per heavy atom. The summed E-state index contributed by atoms with van der Waals surface area (Å²) in [6.07, 6.45) is -0.776. The molecular formula is C6H14N2O3S. The van der Waals surface area contributed by atoms with Crippen molar-refractivity contribution in [3.05, 3.63) is 0 Å². The highest BCUT2D eigenvalue weighted by atomic mass is 32.2. The average molecular weight is 194 g/mol. The number of sulfone groups is 1. The number of rotatable bonds is 3. The van der Waals surface area contributed by atoms with Gasteiger partial charge in [-0.3, -0.25) is 0 Å². The fourth-order valence-electron chi connectivity index (χ4n) is 1.29. The van der Waals surface area contributed by atoms with Crippen LogP contribution in [-0.4, -0.2) is 50.3 Å². The number of hydrogen-bond acceptors (Lipinski definition) is 5. The van der Waals surface area contributed by atoms with E-state index in [2.05, 4.69) is 5.32 Å². The molecule has 0 aromatic carbocycles. The molecule has 0 amide bonds. The third kappa shape index (κ3) is 2.41. The zero-order valence-electron chi connectivity index (χ0n) is 6.73. The Bertz CT molecular complexity index is 239. The fraction of sp³-hybridized carbons (Fsp3) is 1.00. The van der Waals surface area contributed by atoms with E-state index in [1.165, 1.54) is 0 Å². The minimum absolute atomic E-state index is 0.0220. The van der Waals surface area contributed by atoms with Crippen LogP contribution in [0, 0.1) is 0 Å². The molecule has 1 aliphatic heterocycles. The second-order valence-corrected chi connectivity index (χ2v) is 5.15. The first-order valence-corrected chi connectivity index (χ1v) is 5.69. The molecule has 1 rings (SSSR count). The van der Waals surface area contributed by atoms with E-state index >= 15 is 0 Å². The Morgan fingerprint density at radius 2 is 2.17 bits per heavy atom. The predicted octanol–water partition coefficient (Wildman–Crippen LogP) is -2.31. The Balaban J connectivity index is 2.47. The van der Waals surface area contributed by atoms with Gasteiger partial charge in [0, 0.05) is 19.1 Å². The highest BCUT2D eigenvalue weighted by Gasteiger charge is 2.35. The van der Waals surface area contributed by atoms with Crippen LogP contribution in [0.4, 0.5) is 0 Å². The Labute approximate surface area is 71.9 Å². The molecule has 1 heterocycles. The van der Waals surface area contributed by atoms with E-state index < -0.39 is 15.9 Å². The number of nitrogens with one attached hydrogen (secondary N) is 1. The average Bonchev–Trinajstić information content (AvgIpc) is 2.20. The molecule has 0 aliphatic carbocycles. The van der Waals surface area contributed by atoms with Crippen LogP contribution in [0.15, 0.2) is 0 Å². The van der Waals surface area contributed by atoms with Crippen molar-refractivity contribution in [1.29, 1.82) is 0 Å². The standard InChI is InChI=1S/C6H14N2O3S/c7-1-2-8-5-3-12(10,11)4-6(5)9/h5-6,8-9H,1-4,7H2/t5-,6+/m0/s1. The van der Waals surface area contributed by atoms with Gasteiger partial charge in [0.2, 0.25) is 0 Å². The first-order valence-electron chi connectivity index (χ1n) is 3.87. The third-order valence-electron chi connectivity index (χ3n) is 1.87. The van der Waals surface area contributed by atoms with Crippen LogP contribution < -0.4 is 11.1 Å². The van der Waals surface area contributed by atoms with Crippen LogP contribution in [-0.2, 0) is 9.84 Å². The minimum atomic E-state index is -3.03. The molecular weight excluding hydrogens is 180 g/mol. The molecule has 0 spiro atoms. The van der Waals surface area contributed by atoms with Gasteiger partial charge in [0.15, 0.2) is 9.84 Å². The van der Waals surface area contributed by atoms with E-state index in [1.54, 1.807) is 0 Å². The molecule has 1 saturated heterocycles. The van der Waals surface area contributed by atoms with Crippen molar-refractivity contribution in [2.45, 2.75) is 12.1 Å². The SMILES string of the molecule is NCCN[C@H]1CS(=O)(=O)C[C@H]1O. The summed E-state index contributed by atoms with van der Waals surface area (Å²) in [5.41, 5.74) is 5.23. The van der Waals surface area contributed by atoms with Crippen LogP contribution in [0.3, 0.4) is 0 Å². The van der Waals surface area contributed by atoms with Crippen LogP contribution in [0.1, 0.15) is 0 Å². The van der Waals surface area contributed by atoms with E-state index in [0.717, 1.165) is 0 Å². The van der Waals surface area contributed by atoms with E-state index in [1.807, 2.05) is 0 Å². The van der Waals surface area contributed by atoms with E-state index in [9.17, 15) is 13.5 Å². The molecule has 0 unspecified atom stereocenters. The van der Waals surface area contributed by atoms with Crippen LogP contribution in [0.2, 0.25) is 0 Å². The van der Waals surface area contributed by atoms with E-state index in [4.69, 9.17) is 5.73 Å². The predicted molar refractivity (Wildman–Crippen MR) is 45.5 cm³/mol. The molecule has 5 nitrogen and oxygen atoms in total. The highest BCUT2D eigenvalue weighted by Crippen LogP contribution is 2.11. The zero-order chi connectivity index (χ0) is 9.19. The molecule has 0 bridgehead atoms. The van der Waals surface area contributed by atoms with Crippen molar-refractivity contribution >= 4 is 9.84 Å². The quantitative estimate of drug-likeness (QED) is 0.469. The monoisotopic (exact) mass is 194 g/mol. The largest absolute Gasteiger partial charge is 0.390 e. The Kier molecular flexibility index (Phi) is 3.05. The third-order valence-corrected chi connectivity index (χ3v) is 3.59. The lowest BCUT2D eigenvalue weighted by molar-refractivity contribution is 0.167. The van der Waals surface area contributed by atoms with Gasteiger partial charge in [-0.2, -0.15) is 0 Å². The number of nitrogens with two attached hydrogens (primary N) is 1. The maximum absolute atomic E-state index is 11.0.